The van der Waals surface area contributed by atoms with Gasteiger partial charge in [-0.3, -0.25) is 19.2 Å². The highest BCUT2D eigenvalue weighted by atomic mass is 16.4. The van der Waals surface area contributed by atoms with Crippen molar-refractivity contribution in [3.8, 4) is 0 Å². The number of aliphatic hydroxyl groups excluding tert-OH is 3. The molecule has 0 aromatic carbocycles. The van der Waals surface area contributed by atoms with Crippen molar-refractivity contribution in [1.29, 1.82) is 0 Å². The summed E-state index contributed by atoms with van der Waals surface area (Å²) < 4.78 is 0. The van der Waals surface area contributed by atoms with Crippen LogP contribution in [0.5, 0.6) is 0 Å². The van der Waals surface area contributed by atoms with Gasteiger partial charge in [0.2, 0.25) is 23.6 Å². The van der Waals surface area contributed by atoms with Gasteiger partial charge in [0.05, 0.1) is 19.8 Å². The molecule has 0 unspecified atom stereocenters. The number of aliphatic hydroxyl groups is 3. The summed E-state index contributed by atoms with van der Waals surface area (Å²) in [4.78, 5) is 62.6. The molecule has 4 amide bonds. The molecule has 0 aromatic heterocycles. The van der Waals surface area contributed by atoms with E-state index in [1.807, 2.05) is 5.32 Å². The van der Waals surface area contributed by atoms with Gasteiger partial charge in [0, 0.05) is 6.54 Å². The predicted octanol–water partition coefficient (Wildman–Crippen LogP) is -4.13. The number of nitrogens with zero attached hydrogens (tertiary/aromatic N) is 1. The minimum atomic E-state index is -1.62. The Kier molecular flexibility index (Phi) is 11.9. The highest BCUT2D eigenvalue weighted by Crippen LogP contribution is 2.19. The normalized spacial score (nSPS) is 19.1. The van der Waals surface area contributed by atoms with E-state index in [9.17, 15) is 29.1 Å². The molecule has 34 heavy (non-hydrogen) atoms. The van der Waals surface area contributed by atoms with E-state index in [2.05, 4.69) is 10.6 Å². The van der Waals surface area contributed by atoms with E-state index < -0.39 is 79.6 Å². The fraction of sp³-hybridized carbons (Fsp3) is 0.750. The SMILES string of the molecule is CC(C)C[C@H](NC(=O)[C@@H]1CCCN1C(=O)[C@@H](N)CO)C(=O)N[C@@H](CO)C(=O)N[C@@H](CO)C(=O)O. The van der Waals surface area contributed by atoms with Crippen LogP contribution in [0.4, 0.5) is 0 Å². The molecule has 194 valence electrons. The van der Waals surface area contributed by atoms with Crippen molar-refractivity contribution in [3.05, 3.63) is 0 Å². The highest BCUT2D eigenvalue weighted by Gasteiger charge is 2.38. The van der Waals surface area contributed by atoms with Crippen molar-refractivity contribution < 1.29 is 44.4 Å². The fourth-order valence-electron chi connectivity index (χ4n) is 3.49. The van der Waals surface area contributed by atoms with Crippen LogP contribution in [0.1, 0.15) is 33.1 Å². The zero-order valence-electron chi connectivity index (χ0n) is 19.3. The van der Waals surface area contributed by atoms with E-state index in [4.69, 9.17) is 21.1 Å². The molecule has 0 aliphatic carbocycles. The summed E-state index contributed by atoms with van der Waals surface area (Å²) in [5.41, 5.74) is 5.58. The molecular weight excluding hydrogens is 454 g/mol. The number of nitrogens with one attached hydrogen (secondary N) is 3. The maximum Gasteiger partial charge on any atom is 0.328 e. The second-order valence-electron chi connectivity index (χ2n) is 8.50. The lowest BCUT2D eigenvalue weighted by atomic mass is 10.0. The molecule has 1 rings (SSSR count). The number of hydrogen-bond donors (Lipinski definition) is 8. The van der Waals surface area contributed by atoms with Crippen LogP contribution in [0, 0.1) is 5.92 Å². The Labute approximate surface area is 196 Å². The summed E-state index contributed by atoms with van der Waals surface area (Å²) in [6.07, 6.45) is 1.04. The van der Waals surface area contributed by atoms with Crippen LogP contribution >= 0.6 is 0 Å². The molecule has 0 aromatic rings. The van der Waals surface area contributed by atoms with E-state index in [1.54, 1.807) is 13.8 Å². The Morgan fingerprint density at radius 2 is 1.47 bits per heavy atom. The van der Waals surface area contributed by atoms with Gasteiger partial charge in [-0.1, -0.05) is 13.8 Å². The minimum absolute atomic E-state index is 0.0626. The zero-order chi connectivity index (χ0) is 26.0. The molecule has 0 saturated carbocycles. The number of carboxylic acids is 1. The summed E-state index contributed by atoms with van der Waals surface area (Å²) in [6.45, 7) is 1.54. The van der Waals surface area contributed by atoms with Crippen LogP contribution in [-0.2, 0) is 24.0 Å². The van der Waals surface area contributed by atoms with Crippen molar-refractivity contribution in [1.82, 2.24) is 20.9 Å². The maximum absolute atomic E-state index is 12.9. The molecule has 1 heterocycles. The Balaban J connectivity index is 2.92. The average molecular weight is 490 g/mol. The summed E-state index contributed by atoms with van der Waals surface area (Å²) in [7, 11) is 0. The third-order valence-electron chi connectivity index (χ3n) is 5.31. The quantitative estimate of drug-likeness (QED) is 0.124. The first-order valence-electron chi connectivity index (χ1n) is 11.0. The van der Waals surface area contributed by atoms with Gasteiger partial charge in [-0.15, -0.1) is 0 Å². The number of likely N-dealkylation sites (tertiary alicyclic amines) is 1. The molecule has 1 fully saturated rings. The third kappa shape index (κ3) is 8.20. The number of nitrogens with two attached hydrogens (primary N) is 1. The topological polar surface area (TPSA) is 232 Å². The van der Waals surface area contributed by atoms with Gasteiger partial charge in [-0.25, -0.2) is 4.79 Å². The molecule has 5 atom stereocenters. The van der Waals surface area contributed by atoms with Gasteiger partial charge in [0.15, 0.2) is 0 Å². The summed E-state index contributed by atoms with van der Waals surface area (Å²) in [6, 6.07) is -6.32. The lowest BCUT2D eigenvalue weighted by Gasteiger charge is -2.29. The van der Waals surface area contributed by atoms with Crippen molar-refractivity contribution in [2.75, 3.05) is 26.4 Å². The molecule has 1 aliphatic rings. The largest absolute Gasteiger partial charge is 0.480 e. The number of carbonyl (C=O) groups is 5. The third-order valence-corrected chi connectivity index (χ3v) is 5.31. The van der Waals surface area contributed by atoms with E-state index in [0.717, 1.165) is 0 Å². The Morgan fingerprint density at radius 1 is 0.912 bits per heavy atom. The van der Waals surface area contributed by atoms with E-state index in [-0.39, 0.29) is 18.9 Å². The number of carbonyl (C=O) groups excluding carboxylic acids is 4. The van der Waals surface area contributed by atoms with Crippen LogP contribution in [0.25, 0.3) is 0 Å². The minimum Gasteiger partial charge on any atom is -0.480 e. The van der Waals surface area contributed by atoms with Crippen LogP contribution in [0.15, 0.2) is 0 Å². The second kappa shape index (κ2) is 13.8. The highest BCUT2D eigenvalue weighted by molar-refractivity contribution is 5.95. The zero-order valence-corrected chi connectivity index (χ0v) is 19.3. The summed E-state index contributed by atoms with van der Waals surface area (Å²) >= 11 is 0. The van der Waals surface area contributed by atoms with Gasteiger partial charge in [-0.2, -0.15) is 0 Å². The Morgan fingerprint density at radius 3 is 1.97 bits per heavy atom. The van der Waals surface area contributed by atoms with Gasteiger partial charge in [0.1, 0.15) is 30.2 Å². The number of carboxylic acid groups (broad SMARTS) is 1. The van der Waals surface area contributed by atoms with Crippen LogP contribution in [0.2, 0.25) is 0 Å². The molecule has 0 spiro atoms. The van der Waals surface area contributed by atoms with Crippen LogP contribution in [0.3, 0.4) is 0 Å². The monoisotopic (exact) mass is 489 g/mol. The Bertz CT molecular complexity index is 748. The Hall–Kier alpha value is -2.81. The molecule has 9 N–H and O–H groups in total. The number of aliphatic carboxylic acids is 1. The fourth-order valence-corrected chi connectivity index (χ4v) is 3.49. The molecule has 1 saturated heterocycles. The van der Waals surface area contributed by atoms with Gasteiger partial charge in [0.25, 0.3) is 0 Å². The molecule has 14 nitrogen and oxygen atoms in total. The number of amides is 4. The number of rotatable bonds is 13. The van der Waals surface area contributed by atoms with Crippen LogP contribution < -0.4 is 21.7 Å². The maximum atomic E-state index is 12.9. The van der Waals surface area contributed by atoms with Crippen molar-refractivity contribution >= 4 is 29.6 Å². The lowest BCUT2D eigenvalue weighted by Crippen LogP contribution is -2.59. The standard InChI is InChI=1S/C20H35N5O9/c1-10(2)6-12(16(29)23-13(8-27)17(30)24-14(9-28)20(33)34)22-18(31)15-4-3-5-25(15)19(32)11(21)7-26/h10-15,26-28H,3-9,21H2,1-2H3,(H,22,31)(H,23,29)(H,24,30)(H,33,34)/t11-,12-,13-,14-,15-/m0/s1. The van der Waals surface area contributed by atoms with Crippen LogP contribution in [-0.4, -0.2) is 111 Å². The molecule has 0 bridgehead atoms. The van der Waals surface area contributed by atoms with Crippen molar-refractivity contribution in [3.63, 3.8) is 0 Å². The molecule has 14 heteroatoms. The van der Waals surface area contributed by atoms with E-state index >= 15 is 0 Å². The first-order valence-corrected chi connectivity index (χ1v) is 11.0. The second-order valence-corrected chi connectivity index (χ2v) is 8.50. The first-order chi connectivity index (χ1) is 16.0. The lowest BCUT2D eigenvalue weighted by molar-refractivity contribution is -0.143. The van der Waals surface area contributed by atoms with E-state index in [1.165, 1.54) is 4.90 Å². The number of hydrogen-bond acceptors (Lipinski definition) is 9. The van der Waals surface area contributed by atoms with Gasteiger partial charge < -0.3 is 47.0 Å². The summed E-state index contributed by atoms with van der Waals surface area (Å²) in [5.74, 6) is -4.58. The smallest absolute Gasteiger partial charge is 0.328 e. The van der Waals surface area contributed by atoms with Crippen molar-refractivity contribution in [2.24, 2.45) is 11.7 Å². The van der Waals surface area contributed by atoms with E-state index in [0.29, 0.717) is 12.8 Å². The summed E-state index contributed by atoms with van der Waals surface area (Å²) in [5, 5.41) is 43.5. The average Bonchev–Trinajstić information content (AvgIpc) is 3.28. The molecule has 1 aliphatic heterocycles. The van der Waals surface area contributed by atoms with Gasteiger partial charge in [-0.05, 0) is 25.2 Å². The van der Waals surface area contributed by atoms with Crippen molar-refractivity contribution in [2.45, 2.75) is 63.3 Å². The molecule has 0 radical (unpaired) electrons. The van der Waals surface area contributed by atoms with Gasteiger partial charge >= 0.3 is 5.97 Å². The first kappa shape index (κ1) is 29.2. The molecular formula is C20H35N5O9. The predicted molar refractivity (Wildman–Crippen MR) is 117 cm³/mol.